The van der Waals surface area contributed by atoms with Gasteiger partial charge in [0.15, 0.2) is 0 Å². The number of hydrogen-bond donors (Lipinski definition) is 0. The Morgan fingerprint density at radius 1 is 1.03 bits per heavy atom. The highest BCUT2D eigenvalue weighted by molar-refractivity contribution is 7.90. The number of benzene rings is 3. The highest BCUT2D eigenvalue weighted by atomic mass is 35.5. The average molecular weight is 485 g/mol. The maximum absolute atomic E-state index is 13.3. The molecule has 1 aliphatic heterocycles. The average Bonchev–Trinajstić information content (AvgIpc) is 3.24. The van der Waals surface area contributed by atoms with Gasteiger partial charge in [0.1, 0.15) is 5.82 Å². The molecule has 0 amide bonds. The van der Waals surface area contributed by atoms with Crippen LogP contribution in [0, 0.1) is 5.82 Å². The van der Waals surface area contributed by atoms with Crippen LogP contribution in [0.15, 0.2) is 93.3 Å². The highest BCUT2D eigenvalue weighted by Crippen LogP contribution is 2.30. The molecule has 3 aromatic rings. The van der Waals surface area contributed by atoms with Gasteiger partial charge in [0.2, 0.25) is 5.96 Å². The van der Waals surface area contributed by atoms with Gasteiger partial charge in [-0.05, 0) is 47.5 Å². The van der Waals surface area contributed by atoms with E-state index in [1.54, 1.807) is 36.1 Å². The second-order valence-corrected chi connectivity index (χ2v) is 9.79. The lowest BCUT2D eigenvalue weighted by atomic mass is 9.91. The topological polar surface area (TPSA) is 65.3 Å². The molecule has 0 bridgehead atoms. The Morgan fingerprint density at radius 3 is 2.27 bits per heavy atom. The molecule has 33 heavy (non-hydrogen) atoms. The van der Waals surface area contributed by atoms with Crippen molar-refractivity contribution in [2.45, 2.75) is 10.8 Å². The Labute approximate surface area is 197 Å². The molecule has 9 heteroatoms. The Morgan fingerprint density at radius 2 is 1.67 bits per heavy atom. The second kappa shape index (κ2) is 9.33. The molecule has 0 saturated heterocycles. The number of guanidine groups is 1. The molecule has 4 rings (SSSR count). The molecule has 0 spiro atoms. The van der Waals surface area contributed by atoms with E-state index in [2.05, 4.69) is 4.40 Å². The molecule has 0 fully saturated rings. The quantitative estimate of drug-likeness (QED) is 0.401. The first-order chi connectivity index (χ1) is 15.7. The van der Waals surface area contributed by atoms with Crippen molar-refractivity contribution >= 4 is 33.3 Å². The van der Waals surface area contributed by atoms with Crippen molar-refractivity contribution in [3.63, 3.8) is 0 Å². The molecule has 0 radical (unpaired) electrons. The molecular weight excluding hydrogens is 463 g/mol. The van der Waals surface area contributed by atoms with E-state index in [-0.39, 0.29) is 16.8 Å². The van der Waals surface area contributed by atoms with Gasteiger partial charge in [-0.2, -0.15) is 13.5 Å². The van der Waals surface area contributed by atoms with Crippen LogP contribution in [0.3, 0.4) is 0 Å². The molecule has 1 unspecified atom stereocenters. The maximum atomic E-state index is 13.3. The summed E-state index contributed by atoms with van der Waals surface area (Å²) in [5.74, 6) is -0.469. The van der Waals surface area contributed by atoms with Crippen LogP contribution in [0.25, 0.3) is 0 Å². The minimum Gasteiger partial charge on any atom is -0.347 e. The SMILES string of the molecule is CN(C)/C(=N/S(=O)(=O)c1ccc(F)cc1)N1CC(c2ccccc2)C(c2ccc(Cl)cc2)=N1. The van der Waals surface area contributed by atoms with Crippen LogP contribution in [0.4, 0.5) is 4.39 Å². The zero-order valence-corrected chi connectivity index (χ0v) is 19.6. The van der Waals surface area contributed by atoms with Crippen LogP contribution >= 0.6 is 11.6 Å². The largest absolute Gasteiger partial charge is 0.347 e. The first-order valence-electron chi connectivity index (χ1n) is 10.2. The molecule has 1 aliphatic rings. The van der Waals surface area contributed by atoms with E-state index in [1.807, 2.05) is 42.5 Å². The lowest BCUT2D eigenvalue weighted by Gasteiger charge is -2.23. The smallest absolute Gasteiger partial charge is 0.285 e. The van der Waals surface area contributed by atoms with Gasteiger partial charge < -0.3 is 4.90 Å². The van der Waals surface area contributed by atoms with E-state index in [0.29, 0.717) is 11.6 Å². The van der Waals surface area contributed by atoms with Gasteiger partial charge in [-0.3, -0.25) is 0 Å². The zero-order chi connectivity index (χ0) is 23.6. The standard InChI is InChI=1S/C24H22ClFN4O2S/c1-29(2)24(28-33(31,32)21-14-12-20(26)13-15-21)30-16-22(17-6-4-3-5-7-17)23(27-30)18-8-10-19(25)11-9-18/h3-15,22H,16H2,1-2H3/b28-24-. The van der Waals surface area contributed by atoms with Crippen LogP contribution in [0.1, 0.15) is 17.0 Å². The Hall–Kier alpha value is -3.23. The predicted octanol–water partition coefficient (Wildman–Crippen LogP) is 4.59. The van der Waals surface area contributed by atoms with Gasteiger partial charge >= 0.3 is 0 Å². The summed E-state index contributed by atoms with van der Waals surface area (Å²) in [7, 11) is -0.676. The van der Waals surface area contributed by atoms with Crippen molar-refractivity contribution in [1.82, 2.24) is 9.91 Å². The van der Waals surface area contributed by atoms with Gasteiger partial charge in [0.05, 0.1) is 17.2 Å². The van der Waals surface area contributed by atoms with Crippen molar-refractivity contribution < 1.29 is 12.8 Å². The van der Waals surface area contributed by atoms with E-state index >= 15 is 0 Å². The Bertz CT molecular complexity index is 1290. The van der Waals surface area contributed by atoms with Crippen LogP contribution in [0.2, 0.25) is 5.02 Å². The van der Waals surface area contributed by atoms with Crippen molar-refractivity contribution in [3.8, 4) is 0 Å². The third-order valence-electron chi connectivity index (χ3n) is 5.20. The molecule has 0 N–H and O–H groups in total. The minimum atomic E-state index is -4.08. The summed E-state index contributed by atoms with van der Waals surface area (Å²) in [5.41, 5.74) is 2.72. The summed E-state index contributed by atoms with van der Waals surface area (Å²) >= 11 is 6.07. The van der Waals surface area contributed by atoms with Crippen molar-refractivity contribution in [2.24, 2.45) is 9.50 Å². The third-order valence-corrected chi connectivity index (χ3v) is 6.72. The molecule has 0 aliphatic carbocycles. The Kier molecular flexibility index (Phi) is 6.49. The first kappa shape index (κ1) is 22.9. The second-order valence-electron chi connectivity index (χ2n) is 7.75. The lowest BCUT2D eigenvalue weighted by Crippen LogP contribution is -2.37. The molecular formula is C24H22ClFN4O2S. The summed E-state index contributed by atoms with van der Waals surface area (Å²) in [6.45, 7) is 0.401. The van der Waals surface area contributed by atoms with E-state index in [4.69, 9.17) is 16.7 Å². The number of nitrogens with zero attached hydrogens (tertiary/aromatic N) is 4. The molecule has 0 aromatic heterocycles. The van der Waals surface area contributed by atoms with Crippen LogP contribution < -0.4 is 0 Å². The molecule has 6 nitrogen and oxygen atoms in total. The molecule has 1 atom stereocenters. The predicted molar refractivity (Wildman–Crippen MR) is 129 cm³/mol. The highest BCUT2D eigenvalue weighted by Gasteiger charge is 2.33. The van der Waals surface area contributed by atoms with E-state index in [1.165, 1.54) is 12.1 Å². The van der Waals surface area contributed by atoms with Crippen molar-refractivity contribution in [3.05, 3.63) is 101 Å². The lowest BCUT2D eigenvalue weighted by molar-refractivity contribution is 0.404. The number of sulfonamides is 1. The summed E-state index contributed by atoms with van der Waals surface area (Å²) in [6, 6.07) is 21.8. The monoisotopic (exact) mass is 484 g/mol. The fourth-order valence-corrected chi connectivity index (χ4v) is 4.76. The minimum absolute atomic E-state index is 0.0936. The number of halogens is 2. The van der Waals surface area contributed by atoms with Gasteiger partial charge in [-0.25, -0.2) is 9.40 Å². The number of hydrazone groups is 1. The van der Waals surface area contributed by atoms with Crippen molar-refractivity contribution in [1.29, 1.82) is 0 Å². The molecule has 170 valence electrons. The fourth-order valence-electron chi connectivity index (χ4n) is 3.58. The van der Waals surface area contributed by atoms with Crippen LogP contribution in [-0.2, 0) is 10.0 Å². The molecule has 1 heterocycles. The summed E-state index contributed by atoms with van der Waals surface area (Å²) in [6.07, 6.45) is 0. The normalized spacial score (nSPS) is 16.6. The fraction of sp³-hybridized carbons (Fsp3) is 0.167. The number of rotatable bonds is 4. The first-order valence-corrected chi connectivity index (χ1v) is 12.0. The van der Waals surface area contributed by atoms with Gasteiger partial charge in [0.25, 0.3) is 10.0 Å². The van der Waals surface area contributed by atoms with E-state index in [0.717, 1.165) is 29.0 Å². The van der Waals surface area contributed by atoms with E-state index in [9.17, 15) is 12.8 Å². The molecule has 0 saturated carbocycles. The third kappa shape index (κ3) is 5.07. The zero-order valence-electron chi connectivity index (χ0n) is 18.1. The van der Waals surface area contributed by atoms with Gasteiger partial charge in [-0.1, -0.05) is 54.1 Å². The van der Waals surface area contributed by atoms with E-state index < -0.39 is 15.8 Å². The van der Waals surface area contributed by atoms with Gasteiger partial charge in [0, 0.05) is 25.0 Å². The van der Waals surface area contributed by atoms with Crippen LogP contribution in [0.5, 0.6) is 0 Å². The number of hydrogen-bond acceptors (Lipinski definition) is 3. The van der Waals surface area contributed by atoms with Crippen LogP contribution in [-0.4, -0.2) is 50.6 Å². The molecule has 3 aromatic carbocycles. The summed E-state index contributed by atoms with van der Waals surface area (Å²) < 4.78 is 43.2. The van der Waals surface area contributed by atoms with Gasteiger partial charge in [-0.15, -0.1) is 4.40 Å². The summed E-state index contributed by atoms with van der Waals surface area (Å²) in [5, 5.41) is 6.97. The Balaban J connectivity index is 1.77. The summed E-state index contributed by atoms with van der Waals surface area (Å²) in [4.78, 5) is 1.50. The van der Waals surface area contributed by atoms with Crippen molar-refractivity contribution in [2.75, 3.05) is 20.6 Å². The maximum Gasteiger partial charge on any atom is 0.285 e.